The van der Waals surface area contributed by atoms with Gasteiger partial charge >= 0.3 is 0 Å². The lowest BCUT2D eigenvalue weighted by atomic mass is 10.1. The molecule has 1 saturated heterocycles. The van der Waals surface area contributed by atoms with Gasteiger partial charge in [-0.05, 0) is 5.92 Å². The summed E-state index contributed by atoms with van der Waals surface area (Å²) in [6.45, 7) is 3.99. The predicted octanol–water partition coefficient (Wildman–Crippen LogP) is -0.765. The molecule has 0 spiro atoms. The molecule has 0 bridgehead atoms. The van der Waals surface area contributed by atoms with E-state index in [1.54, 1.807) is 0 Å². The van der Waals surface area contributed by atoms with Gasteiger partial charge in [-0.15, -0.1) is 0 Å². The first-order valence-corrected chi connectivity index (χ1v) is 3.83. The maximum absolute atomic E-state index is 9.33. The molecule has 0 aromatic rings. The van der Waals surface area contributed by atoms with Crippen LogP contribution in [0.3, 0.4) is 0 Å². The van der Waals surface area contributed by atoms with Crippen molar-refractivity contribution in [1.29, 1.82) is 5.41 Å². The van der Waals surface area contributed by atoms with Crippen LogP contribution < -0.4 is 5.73 Å². The topological polar surface area (TPSA) is 73.3 Å². The van der Waals surface area contributed by atoms with E-state index in [9.17, 15) is 5.11 Å². The van der Waals surface area contributed by atoms with Crippen molar-refractivity contribution in [3.05, 3.63) is 0 Å². The Balaban J connectivity index is 2.35. The molecule has 0 radical (unpaired) electrons. The van der Waals surface area contributed by atoms with Crippen molar-refractivity contribution in [2.75, 3.05) is 19.6 Å². The Morgan fingerprint density at radius 3 is 2.73 bits per heavy atom. The van der Waals surface area contributed by atoms with Crippen molar-refractivity contribution in [2.24, 2.45) is 11.7 Å². The van der Waals surface area contributed by atoms with Crippen LogP contribution in [0.15, 0.2) is 0 Å². The van der Waals surface area contributed by atoms with Gasteiger partial charge in [0.1, 0.15) is 5.84 Å². The highest BCUT2D eigenvalue weighted by atomic mass is 16.3. The maximum Gasteiger partial charge on any atom is 0.105 e. The van der Waals surface area contributed by atoms with E-state index in [1.165, 1.54) is 0 Å². The Kier molecular flexibility index (Phi) is 2.46. The summed E-state index contributed by atoms with van der Waals surface area (Å²) in [6, 6.07) is 0. The van der Waals surface area contributed by atoms with Crippen LogP contribution in [-0.4, -0.2) is 41.6 Å². The van der Waals surface area contributed by atoms with Crippen LogP contribution in [-0.2, 0) is 0 Å². The number of likely N-dealkylation sites (tertiary alicyclic amines) is 1. The van der Waals surface area contributed by atoms with Gasteiger partial charge in [0.05, 0.1) is 12.6 Å². The highest BCUT2D eigenvalue weighted by molar-refractivity contribution is 5.78. The van der Waals surface area contributed by atoms with E-state index < -0.39 is 0 Å². The SMILES string of the molecule is CC1CN(CC(=N)N)CC1O. The van der Waals surface area contributed by atoms with Gasteiger partial charge in [-0.3, -0.25) is 10.3 Å². The van der Waals surface area contributed by atoms with E-state index in [-0.39, 0.29) is 11.9 Å². The number of hydrogen-bond acceptors (Lipinski definition) is 3. The van der Waals surface area contributed by atoms with Crippen LogP contribution in [0.25, 0.3) is 0 Å². The lowest BCUT2D eigenvalue weighted by Gasteiger charge is -2.12. The highest BCUT2D eigenvalue weighted by Gasteiger charge is 2.27. The molecule has 1 aliphatic heterocycles. The summed E-state index contributed by atoms with van der Waals surface area (Å²) in [5, 5.41) is 16.4. The average Bonchev–Trinajstić information content (AvgIpc) is 2.10. The van der Waals surface area contributed by atoms with Gasteiger partial charge in [0.2, 0.25) is 0 Å². The van der Waals surface area contributed by atoms with Gasteiger partial charge in [0.25, 0.3) is 0 Å². The number of amidine groups is 1. The van der Waals surface area contributed by atoms with Crippen LogP contribution in [0, 0.1) is 11.3 Å². The Bertz CT molecular complexity index is 150. The number of aliphatic hydroxyl groups excluding tert-OH is 1. The highest BCUT2D eigenvalue weighted by Crippen LogP contribution is 2.14. The standard InChI is InChI=1S/C7H15N3O/c1-5-2-10(3-6(5)11)4-7(8)9/h5-6,11H,2-4H2,1H3,(H3,8,9). The van der Waals surface area contributed by atoms with Crippen molar-refractivity contribution in [2.45, 2.75) is 13.0 Å². The molecule has 0 saturated carbocycles. The third-order valence-corrected chi connectivity index (χ3v) is 2.04. The predicted molar refractivity (Wildman–Crippen MR) is 43.5 cm³/mol. The molecule has 4 N–H and O–H groups in total. The maximum atomic E-state index is 9.33. The molecule has 2 unspecified atom stereocenters. The molecule has 11 heavy (non-hydrogen) atoms. The lowest BCUT2D eigenvalue weighted by molar-refractivity contribution is 0.150. The second-order valence-corrected chi connectivity index (χ2v) is 3.26. The first-order valence-electron chi connectivity index (χ1n) is 3.83. The summed E-state index contributed by atoms with van der Waals surface area (Å²) >= 11 is 0. The largest absolute Gasteiger partial charge is 0.391 e. The van der Waals surface area contributed by atoms with E-state index in [0.717, 1.165) is 6.54 Å². The Hall–Kier alpha value is -0.610. The summed E-state index contributed by atoms with van der Waals surface area (Å²) in [4.78, 5) is 2.00. The third kappa shape index (κ3) is 2.17. The van der Waals surface area contributed by atoms with Gasteiger partial charge in [0, 0.05) is 13.1 Å². The zero-order chi connectivity index (χ0) is 8.43. The molecule has 1 heterocycles. The Morgan fingerprint density at radius 1 is 1.73 bits per heavy atom. The quantitative estimate of drug-likeness (QED) is 0.364. The molecule has 4 nitrogen and oxygen atoms in total. The number of hydrogen-bond donors (Lipinski definition) is 3. The molecule has 2 atom stereocenters. The third-order valence-electron chi connectivity index (χ3n) is 2.04. The summed E-state index contributed by atoms with van der Waals surface area (Å²) < 4.78 is 0. The second kappa shape index (κ2) is 3.19. The van der Waals surface area contributed by atoms with Crippen molar-refractivity contribution in [3.8, 4) is 0 Å². The summed E-state index contributed by atoms with van der Waals surface area (Å²) in [5.41, 5.74) is 5.22. The Morgan fingerprint density at radius 2 is 2.36 bits per heavy atom. The van der Waals surface area contributed by atoms with Gasteiger partial charge in [-0.1, -0.05) is 6.92 Å². The number of β-amino-alcohol motifs (C(OH)–C–C–N with tert-alkyl or cyclic N) is 1. The monoisotopic (exact) mass is 157 g/mol. The normalized spacial score (nSPS) is 32.5. The fraction of sp³-hybridized carbons (Fsp3) is 0.857. The number of nitrogens with two attached hydrogens (primary N) is 1. The van der Waals surface area contributed by atoms with E-state index in [2.05, 4.69) is 0 Å². The summed E-state index contributed by atoms with van der Waals surface area (Å²) in [5.74, 6) is 0.487. The molecular formula is C7H15N3O. The number of nitrogens with zero attached hydrogens (tertiary/aromatic N) is 1. The van der Waals surface area contributed by atoms with Crippen LogP contribution >= 0.6 is 0 Å². The summed E-state index contributed by atoms with van der Waals surface area (Å²) in [6.07, 6.45) is -0.241. The van der Waals surface area contributed by atoms with Gasteiger partial charge < -0.3 is 10.8 Å². The van der Waals surface area contributed by atoms with Crippen molar-refractivity contribution >= 4 is 5.84 Å². The molecule has 1 rings (SSSR count). The minimum atomic E-state index is -0.241. The molecule has 64 valence electrons. The van der Waals surface area contributed by atoms with Gasteiger partial charge in [-0.25, -0.2) is 0 Å². The second-order valence-electron chi connectivity index (χ2n) is 3.26. The van der Waals surface area contributed by atoms with Gasteiger partial charge in [-0.2, -0.15) is 0 Å². The van der Waals surface area contributed by atoms with Crippen LogP contribution in [0.2, 0.25) is 0 Å². The van der Waals surface area contributed by atoms with Crippen molar-refractivity contribution in [3.63, 3.8) is 0 Å². The molecule has 0 aromatic carbocycles. The fourth-order valence-corrected chi connectivity index (χ4v) is 1.42. The van der Waals surface area contributed by atoms with Crippen LogP contribution in [0.5, 0.6) is 0 Å². The van der Waals surface area contributed by atoms with Crippen LogP contribution in [0.1, 0.15) is 6.92 Å². The summed E-state index contributed by atoms with van der Waals surface area (Å²) in [7, 11) is 0. The molecule has 4 heteroatoms. The fourth-order valence-electron chi connectivity index (χ4n) is 1.42. The lowest BCUT2D eigenvalue weighted by Crippen LogP contribution is -2.32. The molecule has 0 aromatic heterocycles. The molecular weight excluding hydrogens is 142 g/mol. The molecule has 1 aliphatic rings. The molecule has 0 amide bonds. The molecule has 1 fully saturated rings. The first-order chi connectivity index (χ1) is 5.09. The van der Waals surface area contributed by atoms with Crippen molar-refractivity contribution in [1.82, 2.24) is 4.90 Å². The minimum absolute atomic E-state index is 0.173. The van der Waals surface area contributed by atoms with E-state index in [4.69, 9.17) is 11.1 Å². The van der Waals surface area contributed by atoms with E-state index >= 15 is 0 Å². The van der Waals surface area contributed by atoms with Gasteiger partial charge in [0.15, 0.2) is 0 Å². The zero-order valence-corrected chi connectivity index (χ0v) is 6.75. The Labute approximate surface area is 66.5 Å². The van der Waals surface area contributed by atoms with Crippen molar-refractivity contribution < 1.29 is 5.11 Å². The number of rotatable bonds is 2. The van der Waals surface area contributed by atoms with E-state index in [0.29, 0.717) is 19.0 Å². The first kappa shape index (κ1) is 8.49. The minimum Gasteiger partial charge on any atom is -0.391 e. The average molecular weight is 157 g/mol. The van der Waals surface area contributed by atoms with E-state index in [1.807, 2.05) is 11.8 Å². The molecule has 0 aliphatic carbocycles. The number of nitrogens with one attached hydrogen (secondary N) is 1. The number of aliphatic hydroxyl groups is 1. The zero-order valence-electron chi connectivity index (χ0n) is 6.75. The van der Waals surface area contributed by atoms with Crippen LogP contribution in [0.4, 0.5) is 0 Å². The smallest absolute Gasteiger partial charge is 0.105 e.